The molecule has 1 amide bonds. The van der Waals surface area contributed by atoms with Gasteiger partial charge in [0.1, 0.15) is 0 Å². The molecule has 0 aromatic carbocycles. The van der Waals surface area contributed by atoms with Gasteiger partial charge in [0.05, 0.1) is 19.2 Å². The zero-order valence-corrected chi connectivity index (χ0v) is 14.6. The average Bonchev–Trinajstić information content (AvgIpc) is 3.07. The Kier molecular flexibility index (Phi) is 6.82. The molecule has 6 heteroatoms. The number of rotatable bonds is 7. The third-order valence-electron chi connectivity index (χ3n) is 4.36. The van der Waals surface area contributed by atoms with E-state index >= 15 is 0 Å². The van der Waals surface area contributed by atoms with E-state index in [0.717, 1.165) is 39.3 Å². The van der Waals surface area contributed by atoms with E-state index in [9.17, 15) is 4.79 Å². The number of amides is 1. The number of likely N-dealkylation sites (N-methyl/N-ethyl adjacent to an activating group) is 1. The smallest absolute Gasteiger partial charge is 0.237 e. The minimum absolute atomic E-state index is 0.149. The number of carbonyl (C=O) groups is 1. The standard InChI is InChI=1S/C16H27N3O2S/c1-14(15-5-4-12-22-15)17(2)16(20)13-19-8-6-18(7-9-19)10-11-21-3/h4-5,12,14H,6-11,13H2,1-3H3/t14-/m1/s1. The maximum absolute atomic E-state index is 12.5. The zero-order valence-electron chi connectivity index (χ0n) is 13.8. The van der Waals surface area contributed by atoms with Crippen molar-refractivity contribution in [3.8, 4) is 0 Å². The molecule has 2 rings (SSSR count). The second kappa shape index (κ2) is 8.62. The molecule has 1 aliphatic rings. The van der Waals surface area contributed by atoms with Gasteiger partial charge in [-0.2, -0.15) is 0 Å². The molecule has 0 N–H and O–H groups in total. The number of carbonyl (C=O) groups excluding carboxylic acids is 1. The molecule has 0 saturated carbocycles. The molecule has 2 heterocycles. The monoisotopic (exact) mass is 325 g/mol. The Morgan fingerprint density at radius 3 is 2.64 bits per heavy atom. The number of hydrogen-bond acceptors (Lipinski definition) is 5. The molecule has 1 aromatic heterocycles. The molecule has 22 heavy (non-hydrogen) atoms. The van der Waals surface area contributed by atoms with Crippen LogP contribution in [0.2, 0.25) is 0 Å². The minimum atomic E-state index is 0.149. The molecule has 0 aliphatic carbocycles. The Bertz CT molecular complexity index is 444. The molecule has 0 bridgehead atoms. The van der Waals surface area contributed by atoms with Crippen LogP contribution in [0.4, 0.5) is 0 Å². The van der Waals surface area contributed by atoms with Crippen LogP contribution in [0.25, 0.3) is 0 Å². The highest BCUT2D eigenvalue weighted by Crippen LogP contribution is 2.23. The van der Waals surface area contributed by atoms with Crippen molar-refractivity contribution in [3.05, 3.63) is 22.4 Å². The van der Waals surface area contributed by atoms with Gasteiger partial charge >= 0.3 is 0 Å². The third kappa shape index (κ3) is 4.78. The Morgan fingerprint density at radius 2 is 2.05 bits per heavy atom. The summed E-state index contributed by atoms with van der Waals surface area (Å²) >= 11 is 1.70. The van der Waals surface area contributed by atoms with Crippen LogP contribution in [-0.2, 0) is 9.53 Å². The second-order valence-electron chi connectivity index (χ2n) is 5.81. The lowest BCUT2D eigenvalue weighted by molar-refractivity contribution is -0.133. The number of ether oxygens (including phenoxy) is 1. The van der Waals surface area contributed by atoms with E-state index in [1.165, 1.54) is 4.88 Å². The summed E-state index contributed by atoms with van der Waals surface area (Å²) in [5.41, 5.74) is 0. The van der Waals surface area contributed by atoms with E-state index in [1.54, 1.807) is 18.4 Å². The summed E-state index contributed by atoms with van der Waals surface area (Å²) < 4.78 is 5.11. The van der Waals surface area contributed by atoms with Gasteiger partial charge in [-0.05, 0) is 18.4 Å². The van der Waals surface area contributed by atoms with Gasteiger partial charge in [-0.1, -0.05) is 6.07 Å². The first-order valence-electron chi connectivity index (χ1n) is 7.84. The number of nitrogens with zero attached hydrogens (tertiary/aromatic N) is 3. The Balaban J connectivity index is 1.75. The molecular formula is C16H27N3O2S. The van der Waals surface area contributed by atoms with Crippen LogP contribution >= 0.6 is 11.3 Å². The highest BCUT2D eigenvalue weighted by atomic mass is 32.1. The highest BCUT2D eigenvalue weighted by molar-refractivity contribution is 7.10. The van der Waals surface area contributed by atoms with Gasteiger partial charge in [-0.25, -0.2) is 0 Å². The molecular weight excluding hydrogens is 298 g/mol. The lowest BCUT2D eigenvalue weighted by atomic mass is 10.2. The maximum Gasteiger partial charge on any atom is 0.237 e. The predicted octanol–water partition coefficient (Wildman–Crippen LogP) is 1.53. The SMILES string of the molecule is COCCN1CCN(CC(=O)N(C)[C@H](C)c2cccs2)CC1. The first-order valence-corrected chi connectivity index (χ1v) is 8.72. The van der Waals surface area contributed by atoms with Crippen molar-refractivity contribution >= 4 is 17.2 Å². The lowest BCUT2D eigenvalue weighted by Crippen LogP contribution is -2.50. The van der Waals surface area contributed by atoms with E-state index in [1.807, 2.05) is 18.0 Å². The molecule has 0 unspecified atom stereocenters. The summed E-state index contributed by atoms with van der Waals surface area (Å²) in [7, 11) is 3.64. The van der Waals surface area contributed by atoms with Crippen LogP contribution in [0.5, 0.6) is 0 Å². The molecule has 0 spiro atoms. The average molecular weight is 325 g/mol. The quantitative estimate of drug-likeness (QED) is 0.762. The van der Waals surface area contributed by atoms with Crippen molar-refractivity contribution in [3.63, 3.8) is 0 Å². The van der Waals surface area contributed by atoms with Crippen molar-refractivity contribution < 1.29 is 9.53 Å². The topological polar surface area (TPSA) is 36.0 Å². The summed E-state index contributed by atoms with van der Waals surface area (Å²) in [4.78, 5) is 20.2. The minimum Gasteiger partial charge on any atom is -0.383 e. The first kappa shape index (κ1) is 17.4. The molecule has 124 valence electrons. The van der Waals surface area contributed by atoms with Gasteiger partial charge in [0.2, 0.25) is 5.91 Å². The fourth-order valence-corrected chi connectivity index (χ4v) is 3.46. The van der Waals surface area contributed by atoms with Crippen molar-refractivity contribution in [2.24, 2.45) is 0 Å². The van der Waals surface area contributed by atoms with Crippen LogP contribution in [-0.4, -0.2) is 80.6 Å². The van der Waals surface area contributed by atoms with E-state index < -0.39 is 0 Å². The molecule has 0 radical (unpaired) electrons. The molecule has 1 fully saturated rings. The summed E-state index contributed by atoms with van der Waals surface area (Å²) in [6.07, 6.45) is 0. The Labute approximate surface area is 137 Å². The van der Waals surface area contributed by atoms with Gasteiger partial charge in [-0.15, -0.1) is 11.3 Å². The third-order valence-corrected chi connectivity index (χ3v) is 5.41. The molecule has 5 nitrogen and oxygen atoms in total. The first-order chi connectivity index (χ1) is 10.6. The normalized spacial score (nSPS) is 18.3. The van der Waals surface area contributed by atoms with Crippen LogP contribution in [0, 0.1) is 0 Å². The number of hydrogen-bond donors (Lipinski definition) is 0. The second-order valence-corrected chi connectivity index (χ2v) is 6.79. The predicted molar refractivity (Wildman–Crippen MR) is 90.3 cm³/mol. The van der Waals surface area contributed by atoms with Crippen molar-refractivity contribution in [2.75, 3.05) is 60.0 Å². The number of piperazine rings is 1. The van der Waals surface area contributed by atoms with Gasteiger partial charge < -0.3 is 9.64 Å². The summed E-state index contributed by atoms with van der Waals surface area (Å²) in [5, 5.41) is 2.06. The van der Waals surface area contributed by atoms with Crippen LogP contribution < -0.4 is 0 Å². The molecule has 1 aliphatic heterocycles. The van der Waals surface area contributed by atoms with Crippen LogP contribution in [0.3, 0.4) is 0 Å². The van der Waals surface area contributed by atoms with E-state index in [2.05, 4.69) is 28.2 Å². The fourth-order valence-electron chi connectivity index (χ4n) is 2.63. The van der Waals surface area contributed by atoms with E-state index in [-0.39, 0.29) is 11.9 Å². The van der Waals surface area contributed by atoms with E-state index in [4.69, 9.17) is 4.74 Å². The summed E-state index contributed by atoms with van der Waals surface area (Å²) in [5.74, 6) is 0.200. The maximum atomic E-state index is 12.5. The number of thiophene rings is 1. The van der Waals surface area contributed by atoms with Crippen LogP contribution in [0.1, 0.15) is 17.8 Å². The van der Waals surface area contributed by atoms with Gasteiger partial charge in [-0.3, -0.25) is 14.6 Å². The summed E-state index contributed by atoms with van der Waals surface area (Å²) in [6, 6.07) is 4.28. The van der Waals surface area contributed by atoms with Crippen LogP contribution in [0.15, 0.2) is 17.5 Å². The van der Waals surface area contributed by atoms with Crippen molar-refractivity contribution in [1.29, 1.82) is 0 Å². The highest BCUT2D eigenvalue weighted by Gasteiger charge is 2.23. The number of methoxy groups -OCH3 is 1. The fraction of sp³-hybridized carbons (Fsp3) is 0.688. The summed E-state index contributed by atoms with van der Waals surface area (Å²) in [6.45, 7) is 8.30. The molecule has 1 aromatic rings. The molecule has 1 saturated heterocycles. The van der Waals surface area contributed by atoms with Crippen molar-refractivity contribution in [2.45, 2.75) is 13.0 Å². The lowest BCUT2D eigenvalue weighted by Gasteiger charge is -2.35. The Morgan fingerprint density at radius 1 is 1.36 bits per heavy atom. The van der Waals surface area contributed by atoms with E-state index in [0.29, 0.717) is 6.54 Å². The van der Waals surface area contributed by atoms with Gasteiger partial charge in [0.15, 0.2) is 0 Å². The Hall–Kier alpha value is -0.950. The van der Waals surface area contributed by atoms with Gasteiger partial charge in [0, 0.05) is 51.8 Å². The molecule has 1 atom stereocenters. The van der Waals surface area contributed by atoms with Gasteiger partial charge in [0.25, 0.3) is 0 Å². The largest absolute Gasteiger partial charge is 0.383 e. The van der Waals surface area contributed by atoms with Crippen molar-refractivity contribution in [1.82, 2.24) is 14.7 Å². The zero-order chi connectivity index (χ0) is 15.9.